The van der Waals surface area contributed by atoms with E-state index in [1.807, 2.05) is 56.3 Å². The van der Waals surface area contributed by atoms with Crippen molar-refractivity contribution in [3.63, 3.8) is 0 Å². The summed E-state index contributed by atoms with van der Waals surface area (Å²) in [7, 11) is 0. The van der Waals surface area contributed by atoms with E-state index in [2.05, 4.69) is 10.3 Å². The molecule has 3 aromatic rings. The van der Waals surface area contributed by atoms with Gasteiger partial charge in [0.25, 0.3) is 5.91 Å². The van der Waals surface area contributed by atoms with E-state index in [0.717, 1.165) is 31.9 Å². The highest BCUT2D eigenvalue weighted by Gasteiger charge is 2.11. The Bertz CT molecular complexity index is 774. The van der Waals surface area contributed by atoms with Crippen molar-refractivity contribution in [3.05, 3.63) is 64.2 Å². The molecule has 4 heteroatoms. The molecule has 0 radical (unpaired) electrons. The maximum absolute atomic E-state index is 12.3. The van der Waals surface area contributed by atoms with Gasteiger partial charge in [-0.05, 0) is 43.2 Å². The maximum Gasteiger partial charge on any atom is 0.251 e. The van der Waals surface area contributed by atoms with E-state index in [-0.39, 0.29) is 5.91 Å². The number of hydrogen-bond acceptors (Lipinski definition) is 3. The maximum atomic E-state index is 12.3. The number of fused-ring (bicyclic) bond motifs is 1. The van der Waals surface area contributed by atoms with Gasteiger partial charge in [0.2, 0.25) is 0 Å². The minimum atomic E-state index is -0.0459. The Balaban J connectivity index is 1.75. The van der Waals surface area contributed by atoms with Crippen molar-refractivity contribution in [2.24, 2.45) is 0 Å². The molecule has 0 saturated heterocycles. The van der Waals surface area contributed by atoms with Crippen LogP contribution in [0.15, 0.2) is 42.5 Å². The summed E-state index contributed by atoms with van der Waals surface area (Å²) in [6.07, 6.45) is 0. The average Bonchev–Trinajstić information content (AvgIpc) is 2.90. The van der Waals surface area contributed by atoms with E-state index in [9.17, 15) is 4.79 Å². The molecule has 1 heterocycles. The lowest BCUT2D eigenvalue weighted by molar-refractivity contribution is 0.0950. The molecule has 0 saturated carbocycles. The lowest BCUT2D eigenvalue weighted by Crippen LogP contribution is -2.23. The van der Waals surface area contributed by atoms with Gasteiger partial charge in [-0.2, -0.15) is 0 Å². The largest absolute Gasteiger partial charge is 0.346 e. The van der Waals surface area contributed by atoms with Gasteiger partial charge >= 0.3 is 0 Å². The highest BCUT2D eigenvalue weighted by atomic mass is 32.1. The monoisotopic (exact) mass is 296 g/mol. The van der Waals surface area contributed by atoms with Crippen molar-refractivity contribution >= 4 is 27.5 Å². The Hall–Kier alpha value is -2.20. The number of aromatic nitrogens is 1. The number of nitrogens with zero attached hydrogens (tertiary/aromatic N) is 1. The van der Waals surface area contributed by atoms with Crippen molar-refractivity contribution in [1.29, 1.82) is 0 Å². The minimum absolute atomic E-state index is 0.0459. The molecular formula is C17H16N2OS. The molecule has 0 aliphatic heterocycles. The Labute approximate surface area is 127 Å². The number of aryl methyl sites for hydroxylation is 1. The van der Waals surface area contributed by atoms with Crippen molar-refractivity contribution in [2.45, 2.75) is 20.4 Å². The highest BCUT2D eigenvalue weighted by Crippen LogP contribution is 2.21. The van der Waals surface area contributed by atoms with Crippen LogP contribution in [0.25, 0.3) is 10.2 Å². The van der Waals surface area contributed by atoms with Gasteiger partial charge in [0.15, 0.2) is 0 Å². The predicted molar refractivity (Wildman–Crippen MR) is 86.7 cm³/mol. The van der Waals surface area contributed by atoms with Crippen LogP contribution in [-0.2, 0) is 6.54 Å². The molecule has 21 heavy (non-hydrogen) atoms. The van der Waals surface area contributed by atoms with E-state index < -0.39 is 0 Å². The predicted octanol–water partition coefficient (Wildman–Crippen LogP) is 3.84. The number of para-hydroxylation sites is 1. The van der Waals surface area contributed by atoms with Crippen LogP contribution in [-0.4, -0.2) is 10.9 Å². The number of amides is 1. The molecule has 0 bridgehead atoms. The first-order valence-electron chi connectivity index (χ1n) is 6.84. The summed E-state index contributed by atoms with van der Waals surface area (Å²) < 4.78 is 1.15. The van der Waals surface area contributed by atoms with Crippen LogP contribution < -0.4 is 5.32 Å². The van der Waals surface area contributed by atoms with Crippen molar-refractivity contribution < 1.29 is 4.79 Å². The zero-order chi connectivity index (χ0) is 14.8. The number of hydrogen-bond donors (Lipinski definition) is 1. The Kier molecular flexibility index (Phi) is 3.71. The van der Waals surface area contributed by atoms with Crippen molar-refractivity contribution in [1.82, 2.24) is 10.3 Å². The second-order valence-electron chi connectivity index (χ2n) is 5.01. The SMILES string of the molecule is Cc1cccc(C(=O)NCc2nc3ccccc3s2)c1C. The first-order valence-corrected chi connectivity index (χ1v) is 7.65. The Morgan fingerprint density at radius 2 is 1.95 bits per heavy atom. The van der Waals surface area contributed by atoms with E-state index in [4.69, 9.17) is 0 Å². The van der Waals surface area contributed by atoms with E-state index in [1.165, 1.54) is 0 Å². The summed E-state index contributed by atoms with van der Waals surface area (Å²) in [5.74, 6) is -0.0459. The molecule has 106 valence electrons. The molecule has 0 unspecified atom stereocenters. The third-order valence-electron chi connectivity index (χ3n) is 3.59. The first kappa shape index (κ1) is 13.8. The molecule has 1 N–H and O–H groups in total. The van der Waals surface area contributed by atoms with Crippen LogP contribution >= 0.6 is 11.3 Å². The summed E-state index contributed by atoms with van der Waals surface area (Å²) in [5.41, 5.74) is 3.87. The summed E-state index contributed by atoms with van der Waals surface area (Å²) in [4.78, 5) is 16.8. The molecule has 3 nitrogen and oxygen atoms in total. The van der Waals surface area contributed by atoms with Gasteiger partial charge in [-0.25, -0.2) is 4.98 Å². The molecule has 0 spiro atoms. The Morgan fingerprint density at radius 3 is 2.76 bits per heavy atom. The summed E-state index contributed by atoms with van der Waals surface area (Å²) >= 11 is 1.62. The smallest absolute Gasteiger partial charge is 0.251 e. The number of benzene rings is 2. The van der Waals surface area contributed by atoms with Gasteiger partial charge in [0.1, 0.15) is 5.01 Å². The average molecular weight is 296 g/mol. The van der Waals surface area contributed by atoms with Crippen molar-refractivity contribution in [2.75, 3.05) is 0 Å². The fourth-order valence-corrected chi connectivity index (χ4v) is 3.15. The molecule has 0 fully saturated rings. The van der Waals surface area contributed by atoms with Crippen LogP contribution in [0, 0.1) is 13.8 Å². The molecule has 0 atom stereocenters. The van der Waals surface area contributed by atoms with Crippen LogP contribution in [0.4, 0.5) is 0 Å². The lowest BCUT2D eigenvalue weighted by Gasteiger charge is -2.08. The van der Waals surface area contributed by atoms with Crippen molar-refractivity contribution in [3.8, 4) is 0 Å². The van der Waals surface area contributed by atoms with Gasteiger partial charge in [-0.1, -0.05) is 24.3 Å². The molecule has 1 amide bonds. The summed E-state index contributed by atoms with van der Waals surface area (Å²) in [6.45, 7) is 4.45. The molecule has 0 aliphatic rings. The van der Waals surface area contributed by atoms with Crippen LogP contribution in [0.3, 0.4) is 0 Å². The normalized spacial score (nSPS) is 10.8. The second-order valence-corrected chi connectivity index (χ2v) is 6.12. The zero-order valence-corrected chi connectivity index (χ0v) is 12.8. The van der Waals surface area contributed by atoms with Gasteiger partial charge in [0, 0.05) is 5.56 Å². The summed E-state index contributed by atoms with van der Waals surface area (Å²) in [5, 5.41) is 3.88. The fraction of sp³-hybridized carbons (Fsp3) is 0.176. The van der Waals surface area contributed by atoms with Crippen LogP contribution in [0.1, 0.15) is 26.5 Å². The van der Waals surface area contributed by atoms with Gasteiger partial charge in [-0.15, -0.1) is 11.3 Å². The first-order chi connectivity index (χ1) is 10.1. The molecular weight excluding hydrogens is 280 g/mol. The van der Waals surface area contributed by atoms with E-state index in [0.29, 0.717) is 6.54 Å². The number of carbonyl (C=O) groups excluding carboxylic acids is 1. The van der Waals surface area contributed by atoms with Crippen LogP contribution in [0.2, 0.25) is 0 Å². The van der Waals surface area contributed by atoms with Gasteiger partial charge < -0.3 is 5.32 Å². The standard InChI is InChI=1S/C17H16N2OS/c1-11-6-5-7-13(12(11)2)17(20)18-10-16-19-14-8-3-4-9-15(14)21-16/h3-9H,10H2,1-2H3,(H,18,20). The minimum Gasteiger partial charge on any atom is -0.346 e. The third-order valence-corrected chi connectivity index (χ3v) is 4.62. The number of rotatable bonds is 3. The summed E-state index contributed by atoms with van der Waals surface area (Å²) in [6, 6.07) is 13.8. The fourth-order valence-electron chi connectivity index (χ4n) is 2.24. The highest BCUT2D eigenvalue weighted by molar-refractivity contribution is 7.18. The van der Waals surface area contributed by atoms with E-state index >= 15 is 0 Å². The van der Waals surface area contributed by atoms with Gasteiger partial charge in [0.05, 0.1) is 16.8 Å². The van der Waals surface area contributed by atoms with E-state index in [1.54, 1.807) is 11.3 Å². The third kappa shape index (κ3) is 2.81. The van der Waals surface area contributed by atoms with Crippen LogP contribution in [0.5, 0.6) is 0 Å². The molecule has 1 aromatic heterocycles. The topological polar surface area (TPSA) is 42.0 Å². The second kappa shape index (κ2) is 5.66. The number of thiazole rings is 1. The lowest BCUT2D eigenvalue weighted by atomic mass is 10.0. The molecule has 0 aliphatic carbocycles. The Morgan fingerprint density at radius 1 is 1.14 bits per heavy atom. The number of nitrogens with one attached hydrogen (secondary N) is 1. The zero-order valence-electron chi connectivity index (χ0n) is 12.0. The van der Waals surface area contributed by atoms with Gasteiger partial charge in [-0.3, -0.25) is 4.79 Å². The quantitative estimate of drug-likeness (QED) is 0.798. The number of carbonyl (C=O) groups is 1. The molecule has 3 rings (SSSR count). The molecule has 2 aromatic carbocycles.